The molecule has 9 heteroatoms. The van der Waals surface area contributed by atoms with Gasteiger partial charge in [0.15, 0.2) is 23.2 Å². The van der Waals surface area contributed by atoms with E-state index >= 15 is 0 Å². The zero-order valence-electron chi connectivity index (χ0n) is 12.3. The van der Waals surface area contributed by atoms with Crippen LogP contribution < -0.4 is 9.80 Å². The Morgan fingerprint density at radius 1 is 1.25 bits per heavy atom. The molecule has 128 valence electrons. The van der Waals surface area contributed by atoms with E-state index in [1.54, 1.807) is 0 Å². The molecule has 3 rings (SSSR count). The first-order valence-corrected chi connectivity index (χ1v) is 8.64. The van der Waals surface area contributed by atoms with Crippen LogP contribution in [0.2, 0.25) is 0 Å². The third-order valence-electron chi connectivity index (χ3n) is 3.78. The molecule has 0 N–H and O–H groups in total. The summed E-state index contributed by atoms with van der Waals surface area (Å²) in [6.45, 7) is 0.0691. The molecule has 2 aliphatic rings. The van der Waals surface area contributed by atoms with Crippen molar-refractivity contribution in [1.82, 2.24) is 0 Å². The van der Waals surface area contributed by atoms with Crippen molar-refractivity contribution in [3.8, 4) is 0 Å². The second-order valence-corrected chi connectivity index (χ2v) is 6.23. The van der Waals surface area contributed by atoms with E-state index in [0.29, 0.717) is 4.43 Å². The van der Waals surface area contributed by atoms with Crippen molar-refractivity contribution in [2.24, 2.45) is 0 Å². The number of ether oxygens (including phenoxy) is 1. The van der Waals surface area contributed by atoms with Crippen LogP contribution in [0.25, 0.3) is 0 Å². The molecule has 1 fully saturated rings. The van der Waals surface area contributed by atoms with Crippen LogP contribution in [0.1, 0.15) is 6.42 Å². The van der Waals surface area contributed by atoms with Gasteiger partial charge >= 0.3 is 6.09 Å². The summed E-state index contributed by atoms with van der Waals surface area (Å²) in [7, 11) is 0. The minimum Gasteiger partial charge on any atom is -0.443 e. The maximum atomic E-state index is 14.4. The second kappa shape index (κ2) is 6.61. The summed E-state index contributed by atoms with van der Waals surface area (Å²) in [4.78, 5) is 25.0. The van der Waals surface area contributed by atoms with Crippen LogP contribution in [0, 0.1) is 17.5 Å². The number of ketones is 1. The smallest absolute Gasteiger partial charge is 0.414 e. The Morgan fingerprint density at radius 2 is 2.00 bits per heavy atom. The van der Waals surface area contributed by atoms with Crippen molar-refractivity contribution >= 4 is 45.8 Å². The number of hydrogen-bond acceptors (Lipinski definition) is 4. The van der Waals surface area contributed by atoms with Crippen LogP contribution >= 0.6 is 22.6 Å². The Hall–Kier alpha value is -1.78. The molecule has 1 atom stereocenters. The summed E-state index contributed by atoms with van der Waals surface area (Å²) in [5, 5.41) is 0. The normalized spacial score (nSPS) is 20.8. The van der Waals surface area contributed by atoms with Gasteiger partial charge in [0, 0.05) is 29.7 Å². The lowest BCUT2D eigenvalue weighted by Gasteiger charge is -2.25. The van der Waals surface area contributed by atoms with E-state index in [4.69, 9.17) is 4.74 Å². The lowest BCUT2D eigenvalue weighted by molar-refractivity contribution is -0.114. The summed E-state index contributed by atoms with van der Waals surface area (Å²) in [6, 6.07) is 0.773. The van der Waals surface area contributed by atoms with Crippen molar-refractivity contribution in [2.45, 2.75) is 12.5 Å². The van der Waals surface area contributed by atoms with Crippen LogP contribution in [-0.4, -0.2) is 35.5 Å². The largest absolute Gasteiger partial charge is 0.443 e. The zero-order chi connectivity index (χ0) is 17.4. The first kappa shape index (κ1) is 17.1. The summed E-state index contributed by atoms with van der Waals surface area (Å²) >= 11 is 2.00. The first-order chi connectivity index (χ1) is 11.4. The number of anilines is 2. The van der Waals surface area contributed by atoms with Gasteiger partial charge in [-0.05, 0) is 6.08 Å². The van der Waals surface area contributed by atoms with Gasteiger partial charge in [0.25, 0.3) is 0 Å². The summed E-state index contributed by atoms with van der Waals surface area (Å²) < 4.78 is 48.7. The molecule has 1 aromatic carbocycles. The fourth-order valence-electron chi connectivity index (χ4n) is 2.58. The average Bonchev–Trinajstić information content (AvgIpc) is 2.93. The number of allylic oxidation sites excluding steroid dienone is 1. The fourth-order valence-corrected chi connectivity index (χ4v) is 3.04. The summed E-state index contributed by atoms with van der Waals surface area (Å²) in [5.41, 5.74) is -1.08. The predicted octanol–water partition coefficient (Wildman–Crippen LogP) is 3.16. The Balaban J connectivity index is 1.99. The molecule has 1 aromatic rings. The van der Waals surface area contributed by atoms with Crippen molar-refractivity contribution in [3.63, 3.8) is 0 Å². The molecule has 1 amide bonds. The highest BCUT2D eigenvalue weighted by atomic mass is 127. The first-order valence-electron chi connectivity index (χ1n) is 7.11. The van der Waals surface area contributed by atoms with Gasteiger partial charge in [0.05, 0.1) is 12.2 Å². The Kier molecular flexibility index (Phi) is 4.70. The van der Waals surface area contributed by atoms with E-state index < -0.39 is 41.0 Å². The van der Waals surface area contributed by atoms with Crippen LogP contribution in [0.5, 0.6) is 0 Å². The summed E-state index contributed by atoms with van der Waals surface area (Å²) in [6.07, 6.45) is 1.17. The Labute approximate surface area is 149 Å². The molecule has 0 aromatic heterocycles. The number of alkyl halides is 1. The van der Waals surface area contributed by atoms with E-state index in [9.17, 15) is 22.8 Å². The lowest BCUT2D eigenvalue weighted by Crippen LogP contribution is -2.29. The van der Waals surface area contributed by atoms with E-state index in [1.807, 2.05) is 22.6 Å². The van der Waals surface area contributed by atoms with Crippen LogP contribution in [-0.2, 0) is 9.53 Å². The molecular weight excluding hydrogens is 440 g/mol. The molecule has 2 aliphatic heterocycles. The number of carbonyl (C=O) groups excluding carboxylic acids is 2. The van der Waals surface area contributed by atoms with Gasteiger partial charge in [0.1, 0.15) is 11.8 Å². The van der Waals surface area contributed by atoms with E-state index in [0.717, 1.165) is 15.9 Å². The molecule has 1 saturated heterocycles. The van der Waals surface area contributed by atoms with Gasteiger partial charge < -0.3 is 9.64 Å². The predicted molar refractivity (Wildman–Crippen MR) is 88.9 cm³/mol. The minimum absolute atomic E-state index is 0.0229. The Bertz CT molecular complexity index is 741. The number of benzene rings is 1. The molecule has 0 radical (unpaired) electrons. The van der Waals surface area contributed by atoms with E-state index in [2.05, 4.69) is 0 Å². The monoisotopic (exact) mass is 452 g/mol. The maximum absolute atomic E-state index is 14.4. The molecule has 1 unspecified atom stereocenters. The number of nitrogens with zero attached hydrogens (tertiary/aromatic N) is 2. The van der Waals surface area contributed by atoms with Crippen molar-refractivity contribution in [1.29, 1.82) is 0 Å². The average molecular weight is 452 g/mol. The number of amides is 1. The number of rotatable bonds is 3. The van der Waals surface area contributed by atoms with Crippen molar-refractivity contribution in [2.75, 3.05) is 27.3 Å². The highest BCUT2D eigenvalue weighted by Crippen LogP contribution is 2.35. The maximum Gasteiger partial charge on any atom is 0.414 e. The van der Waals surface area contributed by atoms with Gasteiger partial charge in [-0.2, -0.15) is 0 Å². The van der Waals surface area contributed by atoms with Crippen molar-refractivity contribution < 1.29 is 27.5 Å². The number of carbonyl (C=O) groups is 2. The third kappa shape index (κ3) is 2.96. The van der Waals surface area contributed by atoms with Gasteiger partial charge in [-0.25, -0.2) is 18.0 Å². The highest BCUT2D eigenvalue weighted by molar-refractivity contribution is 14.1. The second-order valence-electron chi connectivity index (χ2n) is 5.35. The molecular formula is C15H12F3IN2O3. The SMILES string of the molecule is O=C1C=CN(c2c(F)cc(N3CC(CI)OC3=O)c(F)c2F)CC1. The van der Waals surface area contributed by atoms with Gasteiger partial charge in [-0.15, -0.1) is 0 Å². The number of halogens is 4. The zero-order valence-corrected chi connectivity index (χ0v) is 14.4. The number of hydrogen-bond donors (Lipinski definition) is 0. The topological polar surface area (TPSA) is 49.9 Å². The fraction of sp³-hybridized carbons (Fsp3) is 0.333. The molecule has 0 spiro atoms. The molecule has 2 heterocycles. The molecule has 0 aliphatic carbocycles. The lowest BCUT2D eigenvalue weighted by atomic mass is 10.1. The summed E-state index contributed by atoms with van der Waals surface area (Å²) in [5.74, 6) is -3.93. The molecule has 0 saturated carbocycles. The molecule has 0 bridgehead atoms. The standard InChI is InChI=1S/C15H12F3IN2O3/c16-10-5-11(21-7-9(6-19)24-15(21)23)12(17)13(18)14(10)20-3-1-8(22)2-4-20/h1,3,5,9H,2,4,6-7H2. The van der Waals surface area contributed by atoms with Gasteiger partial charge in [-0.1, -0.05) is 22.6 Å². The van der Waals surface area contributed by atoms with Crippen LogP contribution in [0.4, 0.5) is 29.3 Å². The molecule has 24 heavy (non-hydrogen) atoms. The minimum atomic E-state index is -1.41. The van der Waals surface area contributed by atoms with Gasteiger partial charge in [-0.3, -0.25) is 9.69 Å². The molecule has 5 nitrogen and oxygen atoms in total. The van der Waals surface area contributed by atoms with Crippen molar-refractivity contribution in [3.05, 3.63) is 35.8 Å². The van der Waals surface area contributed by atoms with Gasteiger partial charge in [0.2, 0.25) is 0 Å². The van der Waals surface area contributed by atoms with Crippen LogP contribution in [0.3, 0.4) is 0 Å². The van der Waals surface area contributed by atoms with E-state index in [1.165, 1.54) is 12.3 Å². The highest BCUT2D eigenvalue weighted by Gasteiger charge is 2.35. The van der Waals surface area contributed by atoms with E-state index in [-0.39, 0.29) is 25.3 Å². The van der Waals surface area contributed by atoms with Crippen LogP contribution in [0.15, 0.2) is 18.3 Å². The Morgan fingerprint density at radius 3 is 2.58 bits per heavy atom. The quantitative estimate of drug-likeness (QED) is 0.402. The number of cyclic esters (lactones) is 1. The third-order valence-corrected chi connectivity index (χ3v) is 4.76.